The normalized spacial score (nSPS) is 17.3. The van der Waals surface area contributed by atoms with Crippen LogP contribution in [0.3, 0.4) is 0 Å². The quantitative estimate of drug-likeness (QED) is 0.876. The summed E-state index contributed by atoms with van der Waals surface area (Å²) in [6, 6.07) is 10.3. The summed E-state index contributed by atoms with van der Waals surface area (Å²) in [5.41, 5.74) is 2.49. The Labute approximate surface area is 107 Å². The van der Waals surface area contributed by atoms with Gasteiger partial charge in [0.05, 0.1) is 6.20 Å². The fourth-order valence-electron chi connectivity index (χ4n) is 2.51. The summed E-state index contributed by atoms with van der Waals surface area (Å²) < 4.78 is 5.99. The van der Waals surface area contributed by atoms with Crippen molar-refractivity contribution in [3.8, 4) is 11.5 Å². The summed E-state index contributed by atoms with van der Waals surface area (Å²) in [5.74, 6) is 2.25. The van der Waals surface area contributed by atoms with Crippen LogP contribution in [0.15, 0.2) is 42.7 Å². The van der Waals surface area contributed by atoms with E-state index in [2.05, 4.69) is 28.5 Å². The molecule has 92 valence electrons. The smallest absolute Gasteiger partial charge is 0.149 e. The fourth-order valence-corrected chi connectivity index (χ4v) is 2.51. The zero-order valence-corrected chi connectivity index (χ0v) is 10.4. The summed E-state index contributed by atoms with van der Waals surface area (Å²) >= 11 is 0. The maximum absolute atomic E-state index is 5.99. The number of nitrogens with zero attached hydrogens (tertiary/aromatic N) is 1. The average Bonchev–Trinajstić information content (AvgIpc) is 2.56. The summed E-state index contributed by atoms with van der Waals surface area (Å²) in [6.45, 7) is 0.939. The highest BCUT2D eigenvalue weighted by Crippen LogP contribution is 2.38. The van der Waals surface area contributed by atoms with Crippen LogP contribution in [0.25, 0.3) is 0 Å². The van der Waals surface area contributed by atoms with E-state index in [1.165, 1.54) is 11.1 Å². The Kier molecular flexibility index (Phi) is 2.99. The Morgan fingerprint density at radius 1 is 1.28 bits per heavy atom. The molecule has 3 heteroatoms. The number of aromatic nitrogens is 1. The van der Waals surface area contributed by atoms with Crippen LogP contribution in [-0.2, 0) is 6.42 Å². The molecular formula is C15H16N2O. The molecule has 3 nitrogen and oxygen atoms in total. The predicted molar refractivity (Wildman–Crippen MR) is 71.1 cm³/mol. The van der Waals surface area contributed by atoms with Crippen LogP contribution in [0.4, 0.5) is 0 Å². The SMILES string of the molecule is CNCC1Cc2ccccc2Oc2cnccc21. The third kappa shape index (κ3) is 1.97. The van der Waals surface area contributed by atoms with Crippen LogP contribution in [0.5, 0.6) is 11.5 Å². The Morgan fingerprint density at radius 2 is 2.17 bits per heavy atom. The van der Waals surface area contributed by atoms with Gasteiger partial charge in [0, 0.05) is 24.2 Å². The highest BCUT2D eigenvalue weighted by molar-refractivity contribution is 5.45. The minimum Gasteiger partial charge on any atom is -0.455 e. The van der Waals surface area contributed by atoms with E-state index in [-0.39, 0.29) is 0 Å². The van der Waals surface area contributed by atoms with Crippen molar-refractivity contribution in [3.05, 3.63) is 53.9 Å². The number of para-hydroxylation sites is 1. The molecule has 1 aromatic heterocycles. The van der Waals surface area contributed by atoms with Crippen molar-refractivity contribution in [2.45, 2.75) is 12.3 Å². The lowest BCUT2D eigenvalue weighted by atomic mass is 9.92. The lowest BCUT2D eigenvalue weighted by Gasteiger charge is -2.15. The Hall–Kier alpha value is -1.87. The Balaban J connectivity index is 2.08. The molecule has 0 radical (unpaired) electrons. The molecular weight excluding hydrogens is 224 g/mol. The van der Waals surface area contributed by atoms with Gasteiger partial charge in [-0.1, -0.05) is 18.2 Å². The molecule has 1 atom stereocenters. The zero-order valence-electron chi connectivity index (χ0n) is 10.4. The van der Waals surface area contributed by atoms with Gasteiger partial charge in [0.15, 0.2) is 0 Å². The summed E-state index contributed by atoms with van der Waals surface area (Å²) in [4.78, 5) is 4.16. The molecule has 1 N–H and O–H groups in total. The van der Waals surface area contributed by atoms with Gasteiger partial charge in [-0.2, -0.15) is 0 Å². The van der Waals surface area contributed by atoms with Crippen molar-refractivity contribution >= 4 is 0 Å². The van der Waals surface area contributed by atoms with Crippen molar-refractivity contribution in [1.82, 2.24) is 10.3 Å². The Morgan fingerprint density at radius 3 is 3.06 bits per heavy atom. The lowest BCUT2D eigenvalue weighted by molar-refractivity contribution is 0.475. The third-order valence-corrected chi connectivity index (χ3v) is 3.37. The summed E-state index contributed by atoms with van der Waals surface area (Å²) in [5, 5.41) is 3.26. The highest BCUT2D eigenvalue weighted by Gasteiger charge is 2.22. The van der Waals surface area contributed by atoms with E-state index in [4.69, 9.17) is 4.74 Å². The standard InChI is InChI=1S/C15H16N2O/c1-16-9-12-8-11-4-2-3-5-14(11)18-15-10-17-7-6-13(12)15/h2-7,10,12,16H,8-9H2,1H3. The van der Waals surface area contributed by atoms with Gasteiger partial charge in [-0.3, -0.25) is 4.98 Å². The number of likely N-dealkylation sites (N-methyl/N-ethyl adjacent to an activating group) is 1. The van der Waals surface area contributed by atoms with Gasteiger partial charge in [-0.15, -0.1) is 0 Å². The van der Waals surface area contributed by atoms with Crippen LogP contribution in [-0.4, -0.2) is 18.6 Å². The number of ether oxygens (including phenoxy) is 1. The van der Waals surface area contributed by atoms with Crippen molar-refractivity contribution < 1.29 is 4.74 Å². The van der Waals surface area contributed by atoms with Crippen LogP contribution in [0.1, 0.15) is 17.0 Å². The molecule has 0 aliphatic carbocycles. The Bertz CT molecular complexity index is 554. The topological polar surface area (TPSA) is 34.1 Å². The number of hydrogen-bond acceptors (Lipinski definition) is 3. The van der Waals surface area contributed by atoms with E-state index in [1.807, 2.05) is 25.4 Å². The molecule has 2 aromatic rings. The first-order valence-corrected chi connectivity index (χ1v) is 6.22. The molecule has 0 bridgehead atoms. The molecule has 0 amide bonds. The van der Waals surface area contributed by atoms with Gasteiger partial charge in [0.25, 0.3) is 0 Å². The number of fused-ring (bicyclic) bond motifs is 2. The molecule has 0 spiro atoms. The average molecular weight is 240 g/mol. The van der Waals surface area contributed by atoms with E-state index in [1.54, 1.807) is 6.20 Å². The monoisotopic (exact) mass is 240 g/mol. The molecule has 0 fully saturated rings. The predicted octanol–water partition coefficient (Wildman–Crippen LogP) is 2.73. The van der Waals surface area contributed by atoms with Crippen LogP contribution >= 0.6 is 0 Å². The maximum Gasteiger partial charge on any atom is 0.149 e. The van der Waals surface area contributed by atoms with Crippen LogP contribution in [0.2, 0.25) is 0 Å². The number of hydrogen-bond donors (Lipinski definition) is 1. The minimum absolute atomic E-state index is 0.427. The molecule has 0 saturated heterocycles. The molecule has 3 rings (SSSR count). The highest BCUT2D eigenvalue weighted by atomic mass is 16.5. The van der Waals surface area contributed by atoms with E-state index in [9.17, 15) is 0 Å². The van der Waals surface area contributed by atoms with Crippen LogP contribution in [0, 0.1) is 0 Å². The second-order valence-electron chi connectivity index (χ2n) is 4.58. The largest absolute Gasteiger partial charge is 0.455 e. The van der Waals surface area contributed by atoms with Crippen molar-refractivity contribution in [2.24, 2.45) is 0 Å². The van der Waals surface area contributed by atoms with Gasteiger partial charge in [-0.25, -0.2) is 0 Å². The van der Waals surface area contributed by atoms with E-state index < -0.39 is 0 Å². The molecule has 1 aromatic carbocycles. The zero-order chi connectivity index (χ0) is 12.4. The van der Waals surface area contributed by atoms with Gasteiger partial charge >= 0.3 is 0 Å². The van der Waals surface area contributed by atoms with E-state index in [0.29, 0.717) is 5.92 Å². The number of pyridine rings is 1. The molecule has 2 heterocycles. The second kappa shape index (κ2) is 4.78. The number of rotatable bonds is 2. The maximum atomic E-state index is 5.99. The minimum atomic E-state index is 0.427. The van der Waals surface area contributed by atoms with Crippen molar-refractivity contribution in [2.75, 3.05) is 13.6 Å². The first-order chi connectivity index (χ1) is 8.88. The van der Waals surface area contributed by atoms with E-state index in [0.717, 1.165) is 24.5 Å². The molecule has 0 saturated carbocycles. The van der Waals surface area contributed by atoms with Crippen LogP contribution < -0.4 is 10.1 Å². The number of benzene rings is 1. The van der Waals surface area contributed by atoms with Crippen molar-refractivity contribution in [3.63, 3.8) is 0 Å². The van der Waals surface area contributed by atoms with E-state index >= 15 is 0 Å². The molecule has 1 unspecified atom stereocenters. The van der Waals surface area contributed by atoms with Gasteiger partial charge in [-0.05, 0) is 31.2 Å². The lowest BCUT2D eigenvalue weighted by Crippen LogP contribution is -2.18. The molecule has 1 aliphatic heterocycles. The second-order valence-corrected chi connectivity index (χ2v) is 4.58. The first kappa shape index (κ1) is 11.2. The number of nitrogens with one attached hydrogen (secondary N) is 1. The summed E-state index contributed by atoms with van der Waals surface area (Å²) in [6.07, 6.45) is 4.63. The van der Waals surface area contributed by atoms with Gasteiger partial charge < -0.3 is 10.1 Å². The summed E-state index contributed by atoms with van der Waals surface area (Å²) in [7, 11) is 1.98. The fraction of sp³-hybridized carbons (Fsp3) is 0.267. The van der Waals surface area contributed by atoms with Gasteiger partial charge in [0.1, 0.15) is 11.5 Å². The molecule has 1 aliphatic rings. The third-order valence-electron chi connectivity index (χ3n) is 3.37. The van der Waals surface area contributed by atoms with Gasteiger partial charge in [0.2, 0.25) is 0 Å². The molecule has 18 heavy (non-hydrogen) atoms. The first-order valence-electron chi connectivity index (χ1n) is 6.22. The van der Waals surface area contributed by atoms with Crippen molar-refractivity contribution in [1.29, 1.82) is 0 Å².